The second-order valence-electron chi connectivity index (χ2n) is 2.99. The molecule has 2 heterocycles. The Bertz CT molecular complexity index is 473. The van der Waals surface area contributed by atoms with E-state index >= 15 is 0 Å². The molecular formula is C8H9N5O2. The lowest BCUT2D eigenvalue weighted by atomic mass is 10.6. The number of nitrogens with one attached hydrogen (secondary N) is 1. The number of aromatic nitrogens is 3. The third-order valence-electron chi connectivity index (χ3n) is 1.93. The van der Waals surface area contributed by atoms with E-state index in [2.05, 4.69) is 10.4 Å². The number of imidazole rings is 1. The van der Waals surface area contributed by atoms with Crippen LogP contribution in [0.4, 0.5) is 11.6 Å². The van der Waals surface area contributed by atoms with Crippen molar-refractivity contribution in [2.75, 3.05) is 5.43 Å². The van der Waals surface area contributed by atoms with E-state index in [1.807, 2.05) is 12.1 Å². The zero-order valence-electron chi connectivity index (χ0n) is 7.99. The smallest absolute Gasteiger partial charge is 0.358 e. The van der Waals surface area contributed by atoms with Gasteiger partial charge in [-0.15, -0.1) is 0 Å². The number of nitro groups is 1. The van der Waals surface area contributed by atoms with Gasteiger partial charge in [-0.05, 0) is 22.0 Å². The molecule has 7 heteroatoms. The fourth-order valence-electron chi connectivity index (χ4n) is 1.21. The van der Waals surface area contributed by atoms with Gasteiger partial charge in [0.15, 0.2) is 0 Å². The first-order valence-electron chi connectivity index (χ1n) is 4.24. The van der Waals surface area contributed by atoms with E-state index in [1.54, 1.807) is 28.7 Å². The van der Waals surface area contributed by atoms with Crippen molar-refractivity contribution in [3.63, 3.8) is 0 Å². The molecule has 0 aliphatic heterocycles. The molecule has 0 saturated heterocycles. The van der Waals surface area contributed by atoms with Gasteiger partial charge in [0.05, 0.1) is 0 Å². The summed E-state index contributed by atoms with van der Waals surface area (Å²) in [5, 5.41) is 10.6. The molecule has 78 valence electrons. The Morgan fingerprint density at radius 2 is 2.13 bits per heavy atom. The summed E-state index contributed by atoms with van der Waals surface area (Å²) in [5.74, 6) is 0.155. The molecule has 2 rings (SSSR count). The molecule has 0 amide bonds. The normalized spacial score (nSPS) is 10.2. The average molecular weight is 207 g/mol. The van der Waals surface area contributed by atoms with E-state index in [4.69, 9.17) is 0 Å². The first-order chi connectivity index (χ1) is 7.18. The van der Waals surface area contributed by atoms with Crippen molar-refractivity contribution in [3.05, 3.63) is 41.0 Å². The van der Waals surface area contributed by atoms with Crippen LogP contribution in [0.25, 0.3) is 0 Å². The molecule has 7 nitrogen and oxygen atoms in total. The molecule has 0 aromatic carbocycles. The second kappa shape index (κ2) is 3.45. The SMILES string of the molecule is Cn1cnc([N+](=O)[O-])c1Nn1cccc1. The van der Waals surface area contributed by atoms with Crippen LogP contribution in [-0.4, -0.2) is 19.2 Å². The van der Waals surface area contributed by atoms with E-state index in [9.17, 15) is 10.1 Å². The molecular weight excluding hydrogens is 198 g/mol. The third-order valence-corrected chi connectivity index (χ3v) is 1.93. The Hall–Kier alpha value is -2.31. The zero-order chi connectivity index (χ0) is 10.8. The van der Waals surface area contributed by atoms with Crippen LogP contribution in [0.2, 0.25) is 0 Å². The molecule has 2 aromatic rings. The van der Waals surface area contributed by atoms with Crippen LogP contribution >= 0.6 is 0 Å². The molecule has 15 heavy (non-hydrogen) atoms. The monoisotopic (exact) mass is 207 g/mol. The van der Waals surface area contributed by atoms with Crippen LogP contribution < -0.4 is 5.43 Å². The van der Waals surface area contributed by atoms with E-state index in [0.29, 0.717) is 5.82 Å². The Kier molecular flexibility index (Phi) is 2.13. The third kappa shape index (κ3) is 1.66. The highest BCUT2D eigenvalue weighted by molar-refractivity contribution is 5.51. The summed E-state index contributed by atoms with van der Waals surface area (Å²) in [6.07, 6.45) is 4.89. The van der Waals surface area contributed by atoms with Crippen LogP contribution in [0.5, 0.6) is 0 Å². The molecule has 0 fully saturated rings. The number of rotatable bonds is 3. The fraction of sp³-hybridized carbons (Fsp3) is 0.125. The highest BCUT2D eigenvalue weighted by Crippen LogP contribution is 2.20. The standard InChI is InChI=1S/C8H9N5O2/c1-11-6-9-7(13(14)15)8(11)10-12-4-2-3-5-12/h2-6,10H,1H3. The van der Waals surface area contributed by atoms with Crippen LogP contribution in [0.3, 0.4) is 0 Å². The zero-order valence-corrected chi connectivity index (χ0v) is 7.99. The van der Waals surface area contributed by atoms with Crippen molar-refractivity contribution < 1.29 is 4.92 Å². The van der Waals surface area contributed by atoms with Gasteiger partial charge in [-0.25, -0.2) is 0 Å². The highest BCUT2D eigenvalue weighted by atomic mass is 16.6. The summed E-state index contributed by atoms with van der Waals surface area (Å²) in [6.45, 7) is 0. The molecule has 1 N–H and O–H groups in total. The fourth-order valence-corrected chi connectivity index (χ4v) is 1.21. The molecule has 0 saturated carbocycles. The predicted octanol–water partition coefficient (Wildman–Crippen LogP) is 1.00. The van der Waals surface area contributed by atoms with Gasteiger partial charge < -0.3 is 10.1 Å². The van der Waals surface area contributed by atoms with Crippen LogP contribution in [0.15, 0.2) is 30.9 Å². The minimum Gasteiger partial charge on any atom is -0.358 e. The number of anilines is 1. The summed E-state index contributed by atoms with van der Waals surface area (Å²) in [7, 11) is 1.69. The lowest BCUT2D eigenvalue weighted by Gasteiger charge is -2.06. The molecule has 0 spiro atoms. The van der Waals surface area contributed by atoms with Crippen LogP contribution in [0, 0.1) is 10.1 Å². The first-order valence-corrected chi connectivity index (χ1v) is 4.24. The number of aryl methyl sites for hydroxylation is 1. The van der Waals surface area contributed by atoms with Crippen LogP contribution in [-0.2, 0) is 7.05 Å². The summed E-state index contributed by atoms with van der Waals surface area (Å²) >= 11 is 0. The van der Waals surface area contributed by atoms with Gasteiger partial charge in [-0.3, -0.25) is 14.7 Å². The average Bonchev–Trinajstić information content (AvgIpc) is 2.78. The van der Waals surface area contributed by atoms with E-state index in [-0.39, 0.29) is 5.82 Å². The number of hydrogen-bond acceptors (Lipinski definition) is 4. The first kappa shape index (κ1) is 9.25. The van der Waals surface area contributed by atoms with Crippen molar-refractivity contribution in [2.45, 2.75) is 0 Å². The minimum absolute atomic E-state index is 0.189. The highest BCUT2D eigenvalue weighted by Gasteiger charge is 2.19. The maximum Gasteiger partial charge on any atom is 0.408 e. The molecule has 0 unspecified atom stereocenters. The van der Waals surface area contributed by atoms with Crippen molar-refractivity contribution in [1.29, 1.82) is 0 Å². The van der Waals surface area contributed by atoms with Gasteiger partial charge in [0.25, 0.3) is 0 Å². The summed E-state index contributed by atoms with van der Waals surface area (Å²) < 4.78 is 3.17. The van der Waals surface area contributed by atoms with E-state index in [0.717, 1.165) is 0 Å². The summed E-state index contributed by atoms with van der Waals surface area (Å²) in [4.78, 5) is 13.8. The van der Waals surface area contributed by atoms with Gasteiger partial charge in [0.1, 0.15) is 0 Å². The van der Waals surface area contributed by atoms with Gasteiger partial charge in [-0.1, -0.05) is 0 Å². The minimum atomic E-state index is -0.522. The number of nitrogens with zero attached hydrogens (tertiary/aromatic N) is 4. The topological polar surface area (TPSA) is 77.9 Å². The Morgan fingerprint density at radius 1 is 1.47 bits per heavy atom. The molecule has 2 aromatic heterocycles. The van der Waals surface area contributed by atoms with Crippen LogP contribution in [0.1, 0.15) is 0 Å². The largest absolute Gasteiger partial charge is 0.408 e. The Morgan fingerprint density at radius 3 is 2.73 bits per heavy atom. The molecule has 0 aliphatic carbocycles. The maximum atomic E-state index is 10.6. The number of hydrogen-bond donors (Lipinski definition) is 1. The molecule has 0 radical (unpaired) electrons. The van der Waals surface area contributed by atoms with Crippen molar-refractivity contribution in [2.24, 2.45) is 7.05 Å². The lowest BCUT2D eigenvalue weighted by molar-refractivity contribution is -0.388. The van der Waals surface area contributed by atoms with Gasteiger partial charge >= 0.3 is 5.82 Å². The van der Waals surface area contributed by atoms with Gasteiger partial charge in [-0.2, -0.15) is 0 Å². The Labute approximate surface area is 85.1 Å². The quantitative estimate of drug-likeness (QED) is 0.601. The van der Waals surface area contributed by atoms with Crippen molar-refractivity contribution in [3.8, 4) is 0 Å². The molecule has 0 aliphatic rings. The lowest BCUT2D eigenvalue weighted by Crippen LogP contribution is -2.10. The summed E-state index contributed by atoms with van der Waals surface area (Å²) in [6, 6.07) is 3.63. The van der Waals surface area contributed by atoms with Gasteiger partial charge in [0.2, 0.25) is 12.1 Å². The molecule has 0 bridgehead atoms. The summed E-state index contributed by atoms with van der Waals surface area (Å²) in [5.41, 5.74) is 2.86. The van der Waals surface area contributed by atoms with Crippen molar-refractivity contribution in [1.82, 2.24) is 14.2 Å². The van der Waals surface area contributed by atoms with Crippen molar-refractivity contribution >= 4 is 11.6 Å². The van der Waals surface area contributed by atoms with E-state index in [1.165, 1.54) is 6.33 Å². The predicted molar refractivity (Wildman–Crippen MR) is 53.3 cm³/mol. The maximum absolute atomic E-state index is 10.6. The molecule has 0 atom stereocenters. The Balaban J connectivity index is 2.35. The van der Waals surface area contributed by atoms with Gasteiger partial charge in [0, 0.05) is 19.4 Å². The second-order valence-corrected chi connectivity index (χ2v) is 2.99. The van der Waals surface area contributed by atoms with E-state index < -0.39 is 4.92 Å².